The maximum atomic E-state index is 12.6. The number of Topliss-reactive ketones (excluding diaryl/α,β-unsaturated/α-hetero) is 2. The van der Waals surface area contributed by atoms with Crippen molar-refractivity contribution >= 4 is 17.3 Å². The fourth-order valence-electron chi connectivity index (χ4n) is 6.76. The molecule has 25 heavy (non-hydrogen) atoms. The number of fused-ring (bicyclic) bond motifs is 5. The van der Waals surface area contributed by atoms with E-state index in [0.29, 0.717) is 30.6 Å². The smallest absolute Gasteiger partial charge is 0.204 e. The van der Waals surface area contributed by atoms with E-state index in [2.05, 4.69) is 13.5 Å². The van der Waals surface area contributed by atoms with Gasteiger partial charge in [-0.3, -0.25) is 14.4 Å². The first kappa shape index (κ1) is 16.9. The Morgan fingerprint density at radius 1 is 1.12 bits per heavy atom. The number of allylic oxidation sites excluding steroid dienone is 2. The van der Waals surface area contributed by atoms with Gasteiger partial charge in [-0.15, -0.1) is 6.58 Å². The minimum atomic E-state index is -0.459. The molecule has 4 aliphatic carbocycles. The van der Waals surface area contributed by atoms with Gasteiger partial charge in [0.15, 0.2) is 11.6 Å². The molecule has 134 valence electrons. The third-order valence-electron chi connectivity index (χ3n) is 8.17. The average Bonchev–Trinajstić information content (AvgIpc) is 2.80. The van der Waals surface area contributed by atoms with E-state index in [1.165, 1.54) is 5.57 Å². The molecule has 6 atom stereocenters. The number of carbonyl (C=O) groups is 3. The molecule has 0 spiro atoms. The number of ketones is 3. The molecule has 4 aliphatic rings. The largest absolute Gasteiger partial charge is 0.295 e. The lowest BCUT2D eigenvalue weighted by Crippen LogP contribution is -2.53. The topological polar surface area (TPSA) is 51.2 Å². The lowest BCUT2D eigenvalue weighted by atomic mass is 9.45. The van der Waals surface area contributed by atoms with Crippen molar-refractivity contribution in [3.8, 4) is 0 Å². The zero-order valence-corrected chi connectivity index (χ0v) is 15.3. The molecule has 0 aromatic rings. The van der Waals surface area contributed by atoms with Gasteiger partial charge in [0.05, 0.1) is 0 Å². The van der Waals surface area contributed by atoms with Gasteiger partial charge in [-0.25, -0.2) is 0 Å². The lowest BCUT2D eigenvalue weighted by molar-refractivity contribution is -0.141. The summed E-state index contributed by atoms with van der Waals surface area (Å²) >= 11 is 0. The van der Waals surface area contributed by atoms with E-state index in [-0.39, 0.29) is 28.7 Å². The van der Waals surface area contributed by atoms with Crippen LogP contribution in [0.5, 0.6) is 0 Å². The molecule has 0 amide bonds. The zero-order valence-electron chi connectivity index (χ0n) is 15.3. The SMILES string of the molecule is C=CC[C@@H]1CC2=CC(=O)CC[C@]2(C)[C@H]2CC[C@]3(C)C(=O)C(=O)C[C@H]3[C@H]12. The van der Waals surface area contributed by atoms with Crippen LogP contribution in [-0.2, 0) is 14.4 Å². The first-order valence-electron chi connectivity index (χ1n) is 9.73. The number of rotatable bonds is 2. The van der Waals surface area contributed by atoms with Crippen LogP contribution in [0.2, 0.25) is 0 Å². The molecular formula is C22H28O3. The highest BCUT2D eigenvalue weighted by molar-refractivity contribution is 6.41. The highest BCUT2D eigenvalue weighted by Crippen LogP contribution is 2.65. The third-order valence-corrected chi connectivity index (χ3v) is 8.17. The second-order valence-electron chi connectivity index (χ2n) is 9.24. The van der Waals surface area contributed by atoms with Gasteiger partial charge in [-0.2, -0.15) is 0 Å². The summed E-state index contributed by atoms with van der Waals surface area (Å²) < 4.78 is 0. The van der Waals surface area contributed by atoms with Crippen molar-refractivity contribution in [2.75, 3.05) is 0 Å². The quantitative estimate of drug-likeness (QED) is 0.562. The van der Waals surface area contributed by atoms with Crippen LogP contribution in [0.15, 0.2) is 24.3 Å². The normalized spacial score (nSPS) is 46.2. The van der Waals surface area contributed by atoms with E-state index in [9.17, 15) is 14.4 Å². The van der Waals surface area contributed by atoms with Crippen LogP contribution < -0.4 is 0 Å². The molecule has 0 heterocycles. The minimum Gasteiger partial charge on any atom is -0.295 e. The van der Waals surface area contributed by atoms with Crippen molar-refractivity contribution in [2.24, 2.45) is 34.5 Å². The average molecular weight is 340 g/mol. The third kappa shape index (κ3) is 2.20. The highest BCUT2D eigenvalue weighted by Gasteiger charge is 2.63. The Kier molecular flexibility index (Phi) is 3.72. The summed E-state index contributed by atoms with van der Waals surface area (Å²) in [5, 5.41) is 0. The second-order valence-corrected chi connectivity index (χ2v) is 9.24. The van der Waals surface area contributed by atoms with Crippen molar-refractivity contribution in [1.29, 1.82) is 0 Å². The van der Waals surface area contributed by atoms with Crippen molar-refractivity contribution in [1.82, 2.24) is 0 Å². The molecule has 0 N–H and O–H groups in total. The summed E-state index contributed by atoms with van der Waals surface area (Å²) in [6.45, 7) is 8.30. The maximum absolute atomic E-state index is 12.6. The Bertz CT molecular complexity index is 702. The van der Waals surface area contributed by atoms with E-state index in [4.69, 9.17) is 0 Å². The van der Waals surface area contributed by atoms with E-state index < -0.39 is 5.41 Å². The summed E-state index contributed by atoms with van der Waals surface area (Å²) in [5.41, 5.74) is 0.919. The van der Waals surface area contributed by atoms with Crippen molar-refractivity contribution in [3.63, 3.8) is 0 Å². The predicted molar refractivity (Wildman–Crippen MR) is 95.8 cm³/mol. The molecule has 0 aliphatic heterocycles. The van der Waals surface area contributed by atoms with Crippen LogP contribution >= 0.6 is 0 Å². The van der Waals surface area contributed by atoms with Gasteiger partial charge >= 0.3 is 0 Å². The standard InChI is InChI=1S/C22H28O3/c1-4-5-13-10-14-11-15(23)6-8-21(14,2)16-7-9-22(3)17(19(13)16)12-18(24)20(22)25/h4,11,13,16-17,19H,1,5-10,12H2,2-3H3/t13-,16+,17+,19-,21+,22+/m1/s1. The van der Waals surface area contributed by atoms with Gasteiger partial charge < -0.3 is 0 Å². The molecule has 3 saturated carbocycles. The fourth-order valence-corrected chi connectivity index (χ4v) is 6.76. The molecule has 0 radical (unpaired) electrons. The summed E-state index contributed by atoms with van der Waals surface area (Å²) in [4.78, 5) is 36.9. The van der Waals surface area contributed by atoms with E-state index in [1.807, 2.05) is 19.1 Å². The first-order valence-corrected chi connectivity index (χ1v) is 9.73. The van der Waals surface area contributed by atoms with Crippen LogP contribution in [0.25, 0.3) is 0 Å². The molecule has 3 nitrogen and oxygen atoms in total. The Labute approximate surface area is 149 Å². The van der Waals surface area contributed by atoms with Gasteiger partial charge in [0.25, 0.3) is 0 Å². The summed E-state index contributed by atoms with van der Waals surface area (Å²) in [6, 6.07) is 0. The molecule has 3 heteroatoms. The molecule has 0 saturated heterocycles. The van der Waals surface area contributed by atoms with Gasteiger partial charge in [0, 0.05) is 18.3 Å². The van der Waals surface area contributed by atoms with Gasteiger partial charge in [0.1, 0.15) is 0 Å². The van der Waals surface area contributed by atoms with E-state index in [1.54, 1.807) is 0 Å². The van der Waals surface area contributed by atoms with Crippen LogP contribution in [0.3, 0.4) is 0 Å². The fraction of sp³-hybridized carbons (Fsp3) is 0.682. The molecule has 3 fully saturated rings. The van der Waals surface area contributed by atoms with Gasteiger partial charge in [-0.1, -0.05) is 25.5 Å². The van der Waals surface area contributed by atoms with Gasteiger partial charge in [-0.05, 0) is 67.3 Å². The Hall–Kier alpha value is -1.51. The van der Waals surface area contributed by atoms with Crippen molar-refractivity contribution < 1.29 is 14.4 Å². The summed E-state index contributed by atoms with van der Waals surface area (Å²) in [6.07, 6.45) is 9.50. The second kappa shape index (κ2) is 5.49. The van der Waals surface area contributed by atoms with Crippen LogP contribution in [0.4, 0.5) is 0 Å². The van der Waals surface area contributed by atoms with Crippen molar-refractivity contribution in [3.05, 3.63) is 24.3 Å². The zero-order chi connectivity index (χ0) is 18.0. The highest BCUT2D eigenvalue weighted by atomic mass is 16.2. The summed E-state index contributed by atoms with van der Waals surface area (Å²) in [5.74, 6) is 1.41. The van der Waals surface area contributed by atoms with E-state index >= 15 is 0 Å². The Balaban J connectivity index is 1.79. The Morgan fingerprint density at radius 3 is 2.60 bits per heavy atom. The molecular weight excluding hydrogens is 312 g/mol. The molecule has 4 rings (SSSR count). The number of hydrogen-bond donors (Lipinski definition) is 0. The number of hydrogen-bond acceptors (Lipinski definition) is 3. The Morgan fingerprint density at radius 2 is 1.88 bits per heavy atom. The van der Waals surface area contributed by atoms with Crippen LogP contribution in [0.1, 0.15) is 58.8 Å². The molecule has 0 aromatic heterocycles. The van der Waals surface area contributed by atoms with E-state index in [0.717, 1.165) is 32.1 Å². The maximum Gasteiger partial charge on any atom is 0.204 e. The van der Waals surface area contributed by atoms with Crippen LogP contribution in [0, 0.1) is 34.5 Å². The monoisotopic (exact) mass is 340 g/mol. The molecule has 0 unspecified atom stereocenters. The first-order chi connectivity index (χ1) is 11.8. The summed E-state index contributed by atoms with van der Waals surface area (Å²) in [7, 11) is 0. The number of carbonyl (C=O) groups excluding carboxylic acids is 3. The van der Waals surface area contributed by atoms with Gasteiger partial charge in [0.2, 0.25) is 5.78 Å². The van der Waals surface area contributed by atoms with Crippen LogP contribution in [-0.4, -0.2) is 17.3 Å². The minimum absolute atomic E-state index is 0.0618. The predicted octanol–water partition coefficient (Wildman–Crippen LogP) is 4.07. The molecule has 0 bridgehead atoms. The molecule has 0 aromatic carbocycles. The van der Waals surface area contributed by atoms with Crippen molar-refractivity contribution in [2.45, 2.75) is 58.8 Å². The lowest BCUT2D eigenvalue weighted by Gasteiger charge is -2.59.